The lowest BCUT2D eigenvalue weighted by atomic mass is 9.81. The third-order valence-corrected chi connectivity index (χ3v) is 4.63. The average Bonchev–Trinajstić information content (AvgIpc) is 2.38. The SMILES string of the molecule is CCC1(C)CN(Cc2ccncc2)C(C(C)(C)C)CN1. The maximum Gasteiger partial charge on any atom is 0.0278 e. The monoisotopic (exact) mass is 275 g/mol. The van der Waals surface area contributed by atoms with Gasteiger partial charge in [-0.3, -0.25) is 9.88 Å². The number of piperazine rings is 1. The van der Waals surface area contributed by atoms with Gasteiger partial charge in [-0.25, -0.2) is 0 Å². The van der Waals surface area contributed by atoms with E-state index in [2.05, 4.69) is 62.0 Å². The summed E-state index contributed by atoms with van der Waals surface area (Å²) in [5.41, 5.74) is 1.87. The second kappa shape index (κ2) is 5.82. The number of pyridine rings is 1. The van der Waals surface area contributed by atoms with Gasteiger partial charge in [0.1, 0.15) is 0 Å². The zero-order chi connectivity index (χ0) is 14.8. The molecule has 1 aliphatic heterocycles. The molecule has 3 heteroatoms. The Morgan fingerprint density at radius 1 is 1.35 bits per heavy atom. The summed E-state index contributed by atoms with van der Waals surface area (Å²) < 4.78 is 0. The molecule has 1 fully saturated rings. The first kappa shape index (κ1) is 15.5. The lowest BCUT2D eigenvalue weighted by Gasteiger charge is -2.50. The van der Waals surface area contributed by atoms with E-state index >= 15 is 0 Å². The van der Waals surface area contributed by atoms with Gasteiger partial charge in [-0.05, 0) is 36.5 Å². The zero-order valence-electron chi connectivity index (χ0n) is 13.6. The van der Waals surface area contributed by atoms with Crippen LogP contribution in [-0.2, 0) is 6.54 Å². The van der Waals surface area contributed by atoms with Crippen LogP contribution in [0.4, 0.5) is 0 Å². The Morgan fingerprint density at radius 2 is 2.00 bits per heavy atom. The van der Waals surface area contributed by atoms with Crippen molar-refractivity contribution in [2.75, 3.05) is 13.1 Å². The smallest absolute Gasteiger partial charge is 0.0278 e. The van der Waals surface area contributed by atoms with Gasteiger partial charge in [0.05, 0.1) is 0 Å². The summed E-state index contributed by atoms with van der Waals surface area (Å²) in [6.45, 7) is 14.8. The second-order valence-corrected chi connectivity index (χ2v) is 7.44. The van der Waals surface area contributed by atoms with E-state index in [0.717, 1.165) is 26.1 Å². The first-order chi connectivity index (χ1) is 9.34. The molecule has 1 saturated heterocycles. The lowest BCUT2D eigenvalue weighted by Crippen LogP contribution is -2.65. The van der Waals surface area contributed by atoms with Gasteiger partial charge in [0.15, 0.2) is 0 Å². The molecule has 2 rings (SSSR count). The topological polar surface area (TPSA) is 28.2 Å². The molecule has 0 radical (unpaired) electrons. The van der Waals surface area contributed by atoms with Crippen LogP contribution in [0.25, 0.3) is 0 Å². The van der Waals surface area contributed by atoms with Crippen LogP contribution in [0.2, 0.25) is 0 Å². The molecular weight excluding hydrogens is 246 g/mol. The molecule has 1 aromatic rings. The van der Waals surface area contributed by atoms with E-state index in [1.165, 1.54) is 5.56 Å². The van der Waals surface area contributed by atoms with Gasteiger partial charge in [-0.1, -0.05) is 27.7 Å². The molecule has 0 aromatic carbocycles. The number of hydrogen-bond donors (Lipinski definition) is 1. The summed E-state index contributed by atoms with van der Waals surface area (Å²) in [6.07, 6.45) is 4.95. The minimum atomic E-state index is 0.231. The minimum Gasteiger partial charge on any atom is -0.309 e. The molecule has 3 nitrogen and oxygen atoms in total. The van der Waals surface area contributed by atoms with Crippen LogP contribution in [0.3, 0.4) is 0 Å². The predicted molar refractivity (Wildman–Crippen MR) is 84.6 cm³/mol. The highest BCUT2D eigenvalue weighted by atomic mass is 15.3. The van der Waals surface area contributed by atoms with Crippen LogP contribution in [0, 0.1) is 5.41 Å². The van der Waals surface area contributed by atoms with Crippen molar-refractivity contribution in [1.29, 1.82) is 0 Å². The molecule has 2 atom stereocenters. The van der Waals surface area contributed by atoms with Gasteiger partial charge < -0.3 is 5.32 Å². The van der Waals surface area contributed by atoms with Crippen LogP contribution in [0.15, 0.2) is 24.5 Å². The van der Waals surface area contributed by atoms with Crippen molar-refractivity contribution in [2.24, 2.45) is 5.41 Å². The molecule has 0 bridgehead atoms. The molecule has 2 heterocycles. The zero-order valence-corrected chi connectivity index (χ0v) is 13.6. The Hall–Kier alpha value is -0.930. The molecule has 20 heavy (non-hydrogen) atoms. The molecular formula is C17H29N3. The number of nitrogens with zero attached hydrogens (tertiary/aromatic N) is 2. The Bertz CT molecular complexity index is 424. The van der Waals surface area contributed by atoms with Gasteiger partial charge in [-0.2, -0.15) is 0 Å². The largest absolute Gasteiger partial charge is 0.309 e. The molecule has 1 N–H and O–H groups in total. The maximum atomic E-state index is 4.12. The standard InChI is InChI=1S/C17H29N3/c1-6-17(5)13-20(12-14-7-9-18-10-8-14)15(11-19-17)16(2,3)4/h7-10,15,19H,6,11-13H2,1-5H3. The fourth-order valence-corrected chi connectivity index (χ4v) is 3.07. The Labute approximate surface area is 123 Å². The maximum absolute atomic E-state index is 4.12. The quantitative estimate of drug-likeness (QED) is 0.919. The molecule has 2 unspecified atom stereocenters. The van der Waals surface area contributed by atoms with E-state index in [1.54, 1.807) is 0 Å². The number of hydrogen-bond acceptors (Lipinski definition) is 3. The van der Waals surface area contributed by atoms with E-state index in [4.69, 9.17) is 0 Å². The van der Waals surface area contributed by atoms with Crippen molar-refractivity contribution < 1.29 is 0 Å². The first-order valence-electron chi connectivity index (χ1n) is 7.72. The van der Waals surface area contributed by atoms with E-state index in [0.29, 0.717) is 6.04 Å². The van der Waals surface area contributed by atoms with E-state index in [9.17, 15) is 0 Å². The normalized spacial score (nSPS) is 28.6. The van der Waals surface area contributed by atoms with E-state index in [-0.39, 0.29) is 11.0 Å². The highest BCUT2D eigenvalue weighted by Gasteiger charge is 2.39. The van der Waals surface area contributed by atoms with Crippen molar-refractivity contribution in [3.05, 3.63) is 30.1 Å². The van der Waals surface area contributed by atoms with Crippen LogP contribution >= 0.6 is 0 Å². The Kier molecular flexibility index (Phi) is 4.50. The van der Waals surface area contributed by atoms with Crippen LogP contribution in [-0.4, -0.2) is 34.6 Å². The second-order valence-electron chi connectivity index (χ2n) is 7.44. The van der Waals surface area contributed by atoms with Gasteiger partial charge >= 0.3 is 0 Å². The summed E-state index contributed by atoms with van der Waals surface area (Å²) in [5, 5.41) is 3.76. The van der Waals surface area contributed by atoms with Crippen LogP contribution in [0.5, 0.6) is 0 Å². The van der Waals surface area contributed by atoms with Gasteiger partial charge in [-0.15, -0.1) is 0 Å². The fraction of sp³-hybridized carbons (Fsp3) is 0.706. The minimum absolute atomic E-state index is 0.231. The highest BCUT2D eigenvalue weighted by Crippen LogP contribution is 2.30. The van der Waals surface area contributed by atoms with E-state index < -0.39 is 0 Å². The van der Waals surface area contributed by atoms with Crippen molar-refractivity contribution >= 4 is 0 Å². The third-order valence-electron chi connectivity index (χ3n) is 4.63. The van der Waals surface area contributed by atoms with Crippen molar-refractivity contribution in [2.45, 2.75) is 59.2 Å². The Morgan fingerprint density at radius 3 is 2.55 bits per heavy atom. The number of nitrogens with one attached hydrogen (secondary N) is 1. The van der Waals surface area contributed by atoms with Gasteiger partial charge in [0, 0.05) is 43.6 Å². The van der Waals surface area contributed by atoms with Crippen molar-refractivity contribution in [1.82, 2.24) is 15.2 Å². The Balaban J connectivity index is 2.18. The molecule has 0 saturated carbocycles. The van der Waals surface area contributed by atoms with E-state index in [1.807, 2.05) is 12.4 Å². The van der Waals surface area contributed by atoms with Crippen molar-refractivity contribution in [3.63, 3.8) is 0 Å². The number of aromatic nitrogens is 1. The third kappa shape index (κ3) is 3.58. The average molecular weight is 275 g/mol. The van der Waals surface area contributed by atoms with Gasteiger partial charge in [0.25, 0.3) is 0 Å². The van der Waals surface area contributed by atoms with Crippen molar-refractivity contribution in [3.8, 4) is 0 Å². The van der Waals surface area contributed by atoms with Crippen LogP contribution in [0.1, 0.15) is 46.6 Å². The molecule has 0 aliphatic carbocycles. The van der Waals surface area contributed by atoms with Gasteiger partial charge in [0.2, 0.25) is 0 Å². The highest BCUT2D eigenvalue weighted by molar-refractivity contribution is 5.11. The summed E-state index contributed by atoms with van der Waals surface area (Å²) in [6, 6.07) is 4.83. The predicted octanol–water partition coefficient (Wildman–Crippen LogP) is 3.07. The number of rotatable bonds is 3. The molecule has 0 amide bonds. The molecule has 1 aliphatic rings. The summed E-state index contributed by atoms with van der Waals surface area (Å²) in [4.78, 5) is 6.77. The summed E-state index contributed by atoms with van der Waals surface area (Å²) in [5.74, 6) is 0. The summed E-state index contributed by atoms with van der Waals surface area (Å²) in [7, 11) is 0. The molecule has 112 valence electrons. The molecule has 1 aromatic heterocycles. The summed E-state index contributed by atoms with van der Waals surface area (Å²) >= 11 is 0. The fourth-order valence-electron chi connectivity index (χ4n) is 3.07. The molecule has 0 spiro atoms. The first-order valence-corrected chi connectivity index (χ1v) is 7.72. The lowest BCUT2D eigenvalue weighted by molar-refractivity contribution is 0.0204. The van der Waals surface area contributed by atoms with Crippen LogP contribution < -0.4 is 5.32 Å².